The monoisotopic (exact) mass is 396 g/mol. The highest BCUT2D eigenvalue weighted by Crippen LogP contribution is 2.26. The van der Waals surface area contributed by atoms with E-state index < -0.39 is 17.3 Å². The Morgan fingerprint density at radius 3 is 2.76 bits per heavy atom. The van der Waals surface area contributed by atoms with Crippen LogP contribution in [0.4, 0.5) is 17.1 Å². The average Bonchev–Trinajstić information content (AvgIpc) is 2.65. The van der Waals surface area contributed by atoms with Gasteiger partial charge >= 0.3 is 0 Å². The predicted octanol–water partition coefficient (Wildman–Crippen LogP) is 2.78. The van der Waals surface area contributed by atoms with Crippen molar-refractivity contribution in [1.29, 1.82) is 5.26 Å². The number of nitrogens with zero attached hydrogens (tertiary/aromatic N) is 3. The number of hydrogen-bond acceptors (Lipinski definition) is 7. The van der Waals surface area contributed by atoms with Crippen LogP contribution in [-0.2, 0) is 4.79 Å². The van der Waals surface area contributed by atoms with Gasteiger partial charge in [-0.2, -0.15) is 10.4 Å². The van der Waals surface area contributed by atoms with Crippen molar-refractivity contribution in [3.8, 4) is 11.9 Å². The standard InChI is InChI=1S/C19H20N6O4/c1-10(9-20)6-7-14(26)22-12-4-3-5-13(8-12)24-25-16-11(2)15(17(21)27)18(28)23-19(16)29/h3-5,8,10H,6-7H2,1-2H3,(H2,21,27)(H,22,26)(H2,23,28,29). The van der Waals surface area contributed by atoms with Gasteiger partial charge in [0.1, 0.15) is 5.56 Å². The first-order chi connectivity index (χ1) is 13.7. The van der Waals surface area contributed by atoms with Crippen molar-refractivity contribution in [2.24, 2.45) is 21.9 Å². The number of nitriles is 1. The molecule has 10 nitrogen and oxygen atoms in total. The molecule has 0 radical (unpaired) electrons. The van der Waals surface area contributed by atoms with Gasteiger partial charge in [0.2, 0.25) is 11.8 Å². The Morgan fingerprint density at radius 1 is 1.38 bits per heavy atom. The Hall–Kier alpha value is -4.00. The molecular formula is C19H20N6O4. The molecule has 2 aromatic rings. The van der Waals surface area contributed by atoms with Gasteiger partial charge in [0.25, 0.3) is 11.5 Å². The van der Waals surface area contributed by atoms with Crippen molar-refractivity contribution >= 4 is 28.9 Å². The summed E-state index contributed by atoms with van der Waals surface area (Å²) in [5.41, 5.74) is 4.98. The minimum atomic E-state index is -0.914. The topological polar surface area (TPSA) is 174 Å². The van der Waals surface area contributed by atoms with Gasteiger partial charge in [0.05, 0.1) is 11.8 Å². The highest BCUT2D eigenvalue weighted by atomic mass is 16.3. The number of aromatic amines is 1. The number of carbonyl (C=O) groups excluding carboxylic acids is 2. The fourth-order valence-corrected chi connectivity index (χ4v) is 2.51. The van der Waals surface area contributed by atoms with Crippen molar-refractivity contribution in [1.82, 2.24) is 4.98 Å². The van der Waals surface area contributed by atoms with Crippen LogP contribution in [0.2, 0.25) is 0 Å². The molecule has 0 spiro atoms. The van der Waals surface area contributed by atoms with E-state index in [4.69, 9.17) is 11.0 Å². The van der Waals surface area contributed by atoms with E-state index in [-0.39, 0.29) is 35.1 Å². The van der Waals surface area contributed by atoms with Crippen LogP contribution in [0.5, 0.6) is 5.88 Å². The molecule has 0 saturated carbocycles. The van der Waals surface area contributed by atoms with Gasteiger partial charge in [-0.25, -0.2) is 0 Å². The lowest BCUT2D eigenvalue weighted by atomic mass is 10.1. The number of carbonyl (C=O) groups is 2. The molecule has 0 aliphatic heterocycles. The maximum Gasteiger partial charge on any atom is 0.278 e. The second-order valence-electron chi connectivity index (χ2n) is 6.38. The van der Waals surface area contributed by atoms with Gasteiger partial charge in [-0.15, -0.1) is 5.11 Å². The van der Waals surface area contributed by atoms with Crippen molar-refractivity contribution in [3.05, 3.63) is 45.7 Å². The van der Waals surface area contributed by atoms with E-state index in [1.165, 1.54) is 6.92 Å². The molecule has 0 aliphatic rings. The fraction of sp³-hybridized carbons (Fsp3) is 0.263. The lowest BCUT2D eigenvalue weighted by molar-refractivity contribution is -0.116. The van der Waals surface area contributed by atoms with Gasteiger partial charge < -0.3 is 16.2 Å². The van der Waals surface area contributed by atoms with Crippen molar-refractivity contribution in [2.45, 2.75) is 26.7 Å². The second-order valence-corrected chi connectivity index (χ2v) is 6.38. The van der Waals surface area contributed by atoms with E-state index in [1.54, 1.807) is 31.2 Å². The third-order valence-corrected chi connectivity index (χ3v) is 4.08. The number of primary amides is 1. The van der Waals surface area contributed by atoms with Gasteiger partial charge in [-0.1, -0.05) is 6.07 Å². The first-order valence-electron chi connectivity index (χ1n) is 8.69. The predicted molar refractivity (Wildman–Crippen MR) is 105 cm³/mol. The molecule has 0 fully saturated rings. The third kappa shape index (κ3) is 5.49. The summed E-state index contributed by atoms with van der Waals surface area (Å²) in [6.07, 6.45) is 0.658. The molecule has 29 heavy (non-hydrogen) atoms. The summed E-state index contributed by atoms with van der Waals surface area (Å²) in [4.78, 5) is 37.5. The van der Waals surface area contributed by atoms with E-state index in [0.29, 0.717) is 17.8 Å². The third-order valence-electron chi connectivity index (χ3n) is 4.08. The van der Waals surface area contributed by atoms with E-state index in [2.05, 4.69) is 26.6 Å². The highest BCUT2D eigenvalue weighted by molar-refractivity contribution is 5.97. The highest BCUT2D eigenvalue weighted by Gasteiger charge is 2.18. The Labute approximate surface area is 166 Å². The van der Waals surface area contributed by atoms with Crippen LogP contribution < -0.4 is 16.6 Å². The molecular weight excluding hydrogens is 376 g/mol. The molecule has 1 atom stereocenters. The quantitative estimate of drug-likeness (QED) is 0.525. The number of aromatic nitrogens is 1. The number of rotatable bonds is 7. The maximum atomic E-state index is 12.0. The Morgan fingerprint density at radius 2 is 2.10 bits per heavy atom. The molecule has 1 heterocycles. The molecule has 0 bridgehead atoms. The van der Waals surface area contributed by atoms with Crippen molar-refractivity contribution in [3.63, 3.8) is 0 Å². The number of azo groups is 1. The van der Waals surface area contributed by atoms with Crippen LogP contribution in [0.1, 0.15) is 35.7 Å². The Balaban J connectivity index is 2.21. The summed E-state index contributed by atoms with van der Waals surface area (Å²) in [5.74, 6) is -1.99. The molecule has 2 amide bonds. The molecule has 10 heteroatoms. The molecule has 5 N–H and O–H groups in total. The van der Waals surface area contributed by atoms with Crippen LogP contribution in [0.3, 0.4) is 0 Å². The zero-order valence-corrected chi connectivity index (χ0v) is 15.9. The molecule has 1 aromatic heterocycles. The first kappa shape index (κ1) is 21.3. The number of H-pyrrole nitrogens is 1. The van der Waals surface area contributed by atoms with Crippen LogP contribution in [0.25, 0.3) is 0 Å². The summed E-state index contributed by atoms with van der Waals surface area (Å²) in [7, 11) is 0. The molecule has 0 aliphatic carbocycles. The summed E-state index contributed by atoms with van der Waals surface area (Å²) in [6.45, 7) is 3.16. The van der Waals surface area contributed by atoms with Gasteiger partial charge in [-0.3, -0.25) is 19.4 Å². The molecule has 1 unspecified atom stereocenters. The SMILES string of the molecule is Cc1c(C(N)=O)c(O)[nH]c(=O)c1N=Nc1cccc(NC(=O)CCC(C)C#N)c1. The zero-order valence-electron chi connectivity index (χ0n) is 15.9. The van der Waals surface area contributed by atoms with Gasteiger partial charge in [-0.05, 0) is 38.5 Å². The number of aromatic hydroxyl groups is 1. The fourth-order valence-electron chi connectivity index (χ4n) is 2.51. The van der Waals surface area contributed by atoms with Crippen LogP contribution >= 0.6 is 0 Å². The number of nitrogens with one attached hydrogen (secondary N) is 2. The van der Waals surface area contributed by atoms with Crippen molar-refractivity contribution in [2.75, 3.05) is 5.32 Å². The van der Waals surface area contributed by atoms with E-state index in [0.717, 1.165) is 0 Å². The number of anilines is 1. The number of benzene rings is 1. The summed E-state index contributed by atoms with van der Waals surface area (Å²) in [5, 5.41) is 29.0. The average molecular weight is 396 g/mol. The smallest absolute Gasteiger partial charge is 0.278 e. The summed E-state index contributed by atoms with van der Waals surface area (Å²) >= 11 is 0. The molecule has 0 saturated heterocycles. The van der Waals surface area contributed by atoms with E-state index in [1.807, 2.05) is 0 Å². The van der Waals surface area contributed by atoms with Gasteiger partial charge in [0.15, 0.2) is 5.69 Å². The lowest BCUT2D eigenvalue weighted by Gasteiger charge is -2.07. The second kappa shape index (κ2) is 9.27. The Bertz CT molecular complexity index is 1070. The van der Waals surface area contributed by atoms with Crippen LogP contribution in [-0.4, -0.2) is 21.9 Å². The first-order valence-corrected chi connectivity index (χ1v) is 8.69. The maximum absolute atomic E-state index is 12.0. The zero-order chi connectivity index (χ0) is 21.6. The number of pyridine rings is 1. The minimum absolute atomic E-state index is 0.0959. The molecule has 1 aromatic carbocycles. The number of hydrogen-bond donors (Lipinski definition) is 4. The van der Waals surface area contributed by atoms with Gasteiger partial charge in [0, 0.05) is 23.6 Å². The van der Waals surface area contributed by atoms with E-state index >= 15 is 0 Å². The van der Waals surface area contributed by atoms with Crippen LogP contribution in [0, 0.1) is 24.2 Å². The minimum Gasteiger partial charge on any atom is -0.494 e. The largest absolute Gasteiger partial charge is 0.494 e. The number of nitrogens with two attached hydrogens (primary N) is 1. The molecule has 2 rings (SSSR count). The number of amides is 2. The summed E-state index contributed by atoms with van der Waals surface area (Å²) < 4.78 is 0. The molecule has 150 valence electrons. The normalized spacial score (nSPS) is 11.8. The van der Waals surface area contributed by atoms with E-state index in [9.17, 15) is 19.5 Å². The van der Waals surface area contributed by atoms with Crippen molar-refractivity contribution < 1.29 is 14.7 Å². The lowest BCUT2D eigenvalue weighted by Crippen LogP contribution is -2.18. The van der Waals surface area contributed by atoms with Crippen LogP contribution in [0.15, 0.2) is 39.3 Å². The summed E-state index contributed by atoms with van der Waals surface area (Å²) in [6, 6.07) is 8.53. The Kier molecular flexibility index (Phi) is 6.81.